The minimum atomic E-state index is 0.434. The lowest BCUT2D eigenvalue weighted by molar-refractivity contribution is 0.519. The van der Waals surface area contributed by atoms with Crippen LogP contribution in [-0.4, -0.2) is 9.38 Å². The molecule has 0 amide bonds. The van der Waals surface area contributed by atoms with E-state index in [2.05, 4.69) is 57.6 Å². The molecule has 1 unspecified atom stereocenters. The molecular weight excluding hydrogens is 274 g/mol. The summed E-state index contributed by atoms with van der Waals surface area (Å²) in [6.45, 7) is 5.17. The Morgan fingerprint density at radius 3 is 3.00 bits per heavy atom. The SMILES string of the molecule is CCC(NCc1c(C)nc2sccn12)c1cccs1. The second-order valence-electron chi connectivity index (χ2n) is 4.56. The van der Waals surface area contributed by atoms with E-state index in [1.807, 2.05) is 11.3 Å². The zero-order valence-electron chi connectivity index (χ0n) is 11.1. The molecule has 0 saturated heterocycles. The molecule has 1 atom stereocenters. The zero-order valence-corrected chi connectivity index (χ0v) is 12.7. The first-order valence-corrected chi connectivity index (χ1v) is 8.23. The lowest BCUT2D eigenvalue weighted by Crippen LogP contribution is -2.20. The third-order valence-corrected chi connectivity index (χ3v) is 5.11. The predicted molar refractivity (Wildman–Crippen MR) is 82.0 cm³/mol. The maximum Gasteiger partial charge on any atom is 0.194 e. The number of rotatable bonds is 5. The quantitative estimate of drug-likeness (QED) is 0.769. The van der Waals surface area contributed by atoms with Crippen molar-refractivity contribution in [3.8, 4) is 0 Å². The van der Waals surface area contributed by atoms with Gasteiger partial charge in [-0.2, -0.15) is 0 Å². The van der Waals surface area contributed by atoms with Gasteiger partial charge < -0.3 is 5.32 Å². The molecule has 0 spiro atoms. The lowest BCUT2D eigenvalue weighted by Gasteiger charge is -2.15. The van der Waals surface area contributed by atoms with Crippen LogP contribution in [0.15, 0.2) is 29.1 Å². The molecule has 0 aliphatic heterocycles. The van der Waals surface area contributed by atoms with Crippen molar-refractivity contribution >= 4 is 27.6 Å². The average Bonchev–Trinajstić information content (AvgIpc) is 3.09. The third-order valence-electron chi connectivity index (χ3n) is 3.37. The first kappa shape index (κ1) is 12.8. The number of thiazole rings is 1. The Hall–Kier alpha value is -1.17. The van der Waals surface area contributed by atoms with Gasteiger partial charge in [0.25, 0.3) is 0 Å². The summed E-state index contributed by atoms with van der Waals surface area (Å²) in [5.74, 6) is 0. The van der Waals surface area contributed by atoms with Gasteiger partial charge in [0, 0.05) is 29.0 Å². The molecule has 0 aliphatic carbocycles. The summed E-state index contributed by atoms with van der Waals surface area (Å²) in [5.41, 5.74) is 2.40. The van der Waals surface area contributed by atoms with Gasteiger partial charge in [-0.25, -0.2) is 4.98 Å². The molecule has 100 valence electrons. The van der Waals surface area contributed by atoms with Gasteiger partial charge in [0.15, 0.2) is 4.96 Å². The molecule has 0 bridgehead atoms. The molecule has 3 aromatic rings. The van der Waals surface area contributed by atoms with Crippen molar-refractivity contribution in [2.24, 2.45) is 0 Å². The molecule has 3 aromatic heterocycles. The third kappa shape index (κ3) is 2.45. The summed E-state index contributed by atoms with van der Waals surface area (Å²) < 4.78 is 2.19. The monoisotopic (exact) mass is 291 g/mol. The van der Waals surface area contributed by atoms with E-state index >= 15 is 0 Å². The Morgan fingerprint density at radius 2 is 2.26 bits per heavy atom. The van der Waals surface area contributed by atoms with Gasteiger partial charge in [-0.05, 0) is 24.8 Å². The number of fused-ring (bicyclic) bond motifs is 1. The standard InChI is InChI=1S/C14H17N3S2/c1-3-11(13-5-4-7-18-13)15-9-12-10(2)16-14-17(12)6-8-19-14/h4-8,11,15H,3,9H2,1-2H3. The highest BCUT2D eigenvalue weighted by Crippen LogP contribution is 2.23. The Bertz CT molecular complexity index is 651. The van der Waals surface area contributed by atoms with Gasteiger partial charge in [-0.3, -0.25) is 4.40 Å². The van der Waals surface area contributed by atoms with E-state index in [0.29, 0.717) is 6.04 Å². The number of hydrogen-bond acceptors (Lipinski definition) is 4. The number of nitrogens with zero attached hydrogens (tertiary/aromatic N) is 2. The molecule has 0 radical (unpaired) electrons. The van der Waals surface area contributed by atoms with Crippen molar-refractivity contribution in [2.45, 2.75) is 32.9 Å². The Balaban J connectivity index is 1.78. The van der Waals surface area contributed by atoms with Gasteiger partial charge in [0.2, 0.25) is 0 Å². The van der Waals surface area contributed by atoms with E-state index in [0.717, 1.165) is 23.6 Å². The van der Waals surface area contributed by atoms with E-state index in [9.17, 15) is 0 Å². The molecule has 19 heavy (non-hydrogen) atoms. The van der Waals surface area contributed by atoms with Crippen LogP contribution >= 0.6 is 22.7 Å². The molecule has 3 rings (SSSR count). The van der Waals surface area contributed by atoms with Gasteiger partial charge in [0.1, 0.15) is 0 Å². The van der Waals surface area contributed by atoms with Crippen molar-refractivity contribution in [3.63, 3.8) is 0 Å². The van der Waals surface area contributed by atoms with Crippen molar-refractivity contribution in [3.05, 3.63) is 45.4 Å². The molecule has 0 aliphatic rings. The van der Waals surface area contributed by atoms with Crippen LogP contribution in [0, 0.1) is 6.92 Å². The van der Waals surface area contributed by atoms with Crippen LogP contribution in [0.2, 0.25) is 0 Å². The van der Waals surface area contributed by atoms with Crippen LogP contribution in [-0.2, 0) is 6.54 Å². The zero-order chi connectivity index (χ0) is 13.2. The number of thiophene rings is 1. The van der Waals surface area contributed by atoms with E-state index in [-0.39, 0.29) is 0 Å². The summed E-state index contributed by atoms with van der Waals surface area (Å²) in [6.07, 6.45) is 3.20. The van der Waals surface area contributed by atoms with Gasteiger partial charge in [-0.1, -0.05) is 13.0 Å². The highest BCUT2D eigenvalue weighted by atomic mass is 32.1. The number of imidazole rings is 1. The molecule has 3 heterocycles. The second-order valence-corrected chi connectivity index (χ2v) is 6.41. The largest absolute Gasteiger partial charge is 0.304 e. The molecule has 0 fully saturated rings. The Kier molecular flexibility index (Phi) is 3.68. The summed E-state index contributed by atoms with van der Waals surface area (Å²) in [7, 11) is 0. The smallest absolute Gasteiger partial charge is 0.194 e. The fourth-order valence-electron chi connectivity index (χ4n) is 2.31. The second kappa shape index (κ2) is 5.45. The molecule has 3 nitrogen and oxygen atoms in total. The number of aromatic nitrogens is 2. The number of nitrogens with one attached hydrogen (secondary N) is 1. The van der Waals surface area contributed by atoms with Crippen LogP contribution in [0.1, 0.15) is 35.7 Å². The normalized spacial score (nSPS) is 13.2. The lowest BCUT2D eigenvalue weighted by atomic mass is 10.2. The van der Waals surface area contributed by atoms with Gasteiger partial charge in [-0.15, -0.1) is 22.7 Å². The topological polar surface area (TPSA) is 29.3 Å². The van der Waals surface area contributed by atoms with Crippen LogP contribution in [0.5, 0.6) is 0 Å². The van der Waals surface area contributed by atoms with Crippen LogP contribution in [0.4, 0.5) is 0 Å². The van der Waals surface area contributed by atoms with E-state index in [1.165, 1.54) is 10.6 Å². The molecule has 0 aromatic carbocycles. The van der Waals surface area contributed by atoms with E-state index < -0.39 is 0 Å². The summed E-state index contributed by atoms with van der Waals surface area (Å²) in [4.78, 5) is 7.07. The fourth-order valence-corrected chi connectivity index (χ4v) is 3.97. The highest BCUT2D eigenvalue weighted by molar-refractivity contribution is 7.15. The first-order chi connectivity index (χ1) is 9.29. The van der Waals surface area contributed by atoms with Crippen molar-refractivity contribution in [1.29, 1.82) is 0 Å². The van der Waals surface area contributed by atoms with Crippen molar-refractivity contribution in [1.82, 2.24) is 14.7 Å². The van der Waals surface area contributed by atoms with E-state index in [4.69, 9.17) is 0 Å². The minimum Gasteiger partial charge on any atom is -0.304 e. The van der Waals surface area contributed by atoms with Gasteiger partial charge in [0.05, 0.1) is 11.4 Å². The van der Waals surface area contributed by atoms with Crippen molar-refractivity contribution < 1.29 is 0 Å². The van der Waals surface area contributed by atoms with Gasteiger partial charge >= 0.3 is 0 Å². The molecule has 5 heteroatoms. The number of aryl methyl sites for hydroxylation is 1. The average molecular weight is 291 g/mol. The fraction of sp³-hybridized carbons (Fsp3) is 0.357. The summed E-state index contributed by atoms with van der Waals surface area (Å²) in [5, 5.41) is 7.88. The Labute approximate surface area is 120 Å². The molecule has 1 N–H and O–H groups in total. The summed E-state index contributed by atoms with van der Waals surface area (Å²) in [6, 6.07) is 4.75. The first-order valence-electron chi connectivity index (χ1n) is 6.47. The van der Waals surface area contributed by atoms with Crippen LogP contribution < -0.4 is 5.32 Å². The highest BCUT2D eigenvalue weighted by Gasteiger charge is 2.13. The Morgan fingerprint density at radius 1 is 1.37 bits per heavy atom. The minimum absolute atomic E-state index is 0.434. The molecule has 0 saturated carbocycles. The van der Waals surface area contributed by atoms with E-state index in [1.54, 1.807) is 11.3 Å². The van der Waals surface area contributed by atoms with Crippen LogP contribution in [0.25, 0.3) is 4.96 Å². The maximum atomic E-state index is 4.58. The van der Waals surface area contributed by atoms with Crippen LogP contribution in [0.3, 0.4) is 0 Å². The number of hydrogen-bond donors (Lipinski definition) is 1. The van der Waals surface area contributed by atoms with Crippen molar-refractivity contribution in [2.75, 3.05) is 0 Å². The predicted octanol–water partition coefficient (Wildman–Crippen LogP) is 4.01. The maximum absolute atomic E-state index is 4.58. The summed E-state index contributed by atoms with van der Waals surface area (Å²) >= 11 is 3.51. The molecular formula is C14H17N3S2.